The number of hydrogen-bond donors (Lipinski definition) is 1. The summed E-state index contributed by atoms with van der Waals surface area (Å²) in [6.07, 6.45) is 7.02. The molecule has 0 bridgehead atoms. The van der Waals surface area contributed by atoms with Crippen molar-refractivity contribution in [2.24, 2.45) is 0 Å². The van der Waals surface area contributed by atoms with Crippen molar-refractivity contribution >= 4 is 23.3 Å². The molecule has 1 saturated carbocycles. The van der Waals surface area contributed by atoms with Crippen LogP contribution in [-0.2, 0) is 9.53 Å². The normalized spacial score (nSPS) is 21.1. The van der Waals surface area contributed by atoms with Crippen LogP contribution in [-0.4, -0.2) is 46.8 Å². The van der Waals surface area contributed by atoms with E-state index in [0.29, 0.717) is 19.1 Å². The number of halogens is 1. The van der Waals surface area contributed by atoms with Crippen LogP contribution in [0.25, 0.3) is 0 Å². The maximum atomic E-state index is 12.5. The van der Waals surface area contributed by atoms with Gasteiger partial charge in [-0.05, 0) is 30.5 Å². The molecule has 0 spiro atoms. The molecule has 2 aliphatic rings. The van der Waals surface area contributed by atoms with Gasteiger partial charge in [-0.3, -0.25) is 9.69 Å². The van der Waals surface area contributed by atoms with E-state index < -0.39 is 0 Å². The van der Waals surface area contributed by atoms with Crippen LogP contribution in [0.3, 0.4) is 0 Å². The van der Waals surface area contributed by atoms with E-state index in [-0.39, 0.29) is 12.0 Å². The monoisotopic (exact) mass is 402 g/mol. The lowest BCUT2D eigenvalue weighted by atomic mass is 10.1. The van der Waals surface area contributed by atoms with Gasteiger partial charge in [0.15, 0.2) is 0 Å². The summed E-state index contributed by atoms with van der Waals surface area (Å²) in [5.74, 6) is 0.854. The van der Waals surface area contributed by atoms with E-state index in [0.717, 1.165) is 48.9 Å². The van der Waals surface area contributed by atoms with Gasteiger partial charge < -0.3 is 10.1 Å². The van der Waals surface area contributed by atoms with Gasteiger partial charge in [-0.15, -0.1) is 0 Å². The zero-order valence-electron chi connectivity index (χ0n) is 16.0. The Morgan fingerprint density at radius 3 is 2.79 bits per heavy atom. The van der Waals surface area contributed by atoms with Gasteiger partial charge >= 0.3 is 0 Å². The summed E-state index contributed by atoms with van der Waals surface area (Å²) in [7, 11) is 0. The molecule has 0 radical (unpaired) electrons. The van der Waals surface area contributed by atoms with Gasteiger partial charge in [-0.2, -0.15) is 5.10 Å². The predicted octanol–water partition coefficient (Wildman–Crippen LogP) is 4.05. The lowest BCUT2D eigenvalue weighted by molar-refractivity contribution is -0.117. The Kier molecular flexibility index (Phi) is 6.29. The van der Waals surface area contributed by atoms with Crippen LogP contribution in [0.1, 0.15) is 49.8 Å². The average Bonchev–Trinajstić information content (AvgIpc) is 3.39. The highest BCUT2D eigenvalue weighted by Gasteiger charge is 2.23. The summed E-state index contributed by atoms with van der Waals surface area (Å²) in [6, 6.07) is 10.1. The molecule has 1 aliphatic carbocycles. The first-order valence-corrected chi connectivity index (χ1v) is 10.5. The summed E-state index contributed by atoms with van der Waals surface area (Å²) in [5.41, 5.74) is 1.12. The fourth-order valence-corrected chi connectivity index (χ4v) is 4.23. The maximum absolute atomic E-state index is 12.5. The molecule has 1 saturated heterocycles. The fourth-order valence-electron chi connectivity index (χ4n) is 4.10. The molecule has 1 aliphatic heterocycles. The van der Waals surface area contributed by atoms with Crippen LogP contribution in [0.5, 0.6) is 0 Å². The largest absolute Gasteiger partial charge is 0.371 e. The van der Waals surface area contributed by atoms with Crippen LogP contribution >= 0.6 is 11.6 Å². The van der Waals surface area contributed by atoms with Crippen molar-refractivity contribution in [3.8, 4) is 0 Å². The van der Waals surface area contributed by atoms with E-state index in [1.54, 1.807) is 6.20 Å². The number of hydrogen-bond acceptors (Lipinski definition) is 4. The molecular formula is C21H27ClN4O2. The van der Waals surface area contributed by atoms with Crippen LogP contribution in [0.15, 0.2) is 36.5 Å². The van der Waals surface area contributed by atoms with E-state index in [1.165, 1.54) is 12.8 Å². The third-order valence-corrected chi connectivity index (χ3v) is 5.91. The molecule has 1 aromatic heterocycles. The second kappa shape index (κ2) is 9.07. The van der Waals surface area contributed by atoms with Crippen molar-refractivity contribution in [3.63, 3.8) is 0 Å². The lowest BCUT2D eigenvalue weighted by Gasteiger charge is -2.33. The maximum Gasteiger partial charge on any atom is 0.226 e. The van der Waals surface area contributed by atoms with Gasteiger partial charge in [-0.25, -0.2) is 4.68 Å². The van der Waals surface area contributed by atoms with Gasteiger partial charge in [0.2, 0.25) is 5.91 Å². The summed E-state index contributed by atoms with van der Waals surface area (Å²) in [6.45, 7) is 3.02. The number of nitrogens with zero attached hydrogens (tertiary/aromatic N) is 3. The SMILES string of the molecule is O=C(CCN1CCO[C@@H](c2ccc(Cl)cc2)C1)Nc1ccnn1C1CCCC1. The molecule has 7 heteroatoms. The molecular weight excluding hydrogens is 376 g/mol. The number of rotatable bonds is 6. The average molecular weight is 403 g/mol. The third-order valence-electron chi connectivity index (χ3n) is 5.66. The molecule has 6 nitrogen and oxygen atoms in total. The zero-order valence-corrected chi connectivity index (χ0v) is 16.8. The minimum absolute atomic E-state index is 0.0258. The van der Waals surface area contributed by atoms with E-state index in [2.05, 4.69) is 15.3 Å². The summed E-state index contributed by atoms with van der Waals surface area (Å²) < 4.78 is 7.88. The number of ether oxygens (including phenoxy) is 1. The number of benzene rings is 1. The van der Waals surface area contributed by atoms with E-state index in [4.69, 9.17) is 16.3 Å². The molecule has 2 fully saturated rings. The van der Waals surface area contributed by atoms with E-state index in [1.807, 2.05) is 35.0 Å². The molecule has 1 aromatic carbocycles. The quantitative estimate of drug-likeness (QED) is 0.791. The minimum atomic E-state index is 0.0258. The van der Waals surface area contributed by atoms with E-state index in [9.17, 15) is 4.79 Å². The minimum Gasteiger partial charge on any atom is -0.371 e. The number of anilines is 1. The van der Waals surface area contributed by atoms with Crippen molar-refractivity contribution in [1.82, 2.24) is 14.7 Å². The number of carbonyl (C=O) groups excluding carboxylic acids is 1. The Hall–Kier alpha value is -1.89. The van der Waals surface area contributed by atoms with Crippen LogP contribution < -0.4 is 5.32 Å². The lowest BCUT2D eigenvalue weighted by Crippen LogP contribution is -2.39. The molecule has 150 valence electrons. The third kappa shape index (κ3) is 4.74. The van der Waals surface area contributed by atoms with Crippen molar-refractivity contribution in [1.29, 1.82) is 0 Å². The molecule has 1 atom stereocenters. The molecule has 1 N–H and O–H groups in total. The van der Waals surface area contributed by atoms with Crippen molar-refractivity contribution in [2.45, 2.75) is 44.2 Å². The van der Waals surface area contributed by atoms with E-state index >= 15 is 0 Å². The number of nitrogens with one attached hydrogen (secondary N) is 1. The van der Waals surface area contributed by atoms with Gasteiger partial charge in [-0.1, -0.05) is 36.6 Å². The smallest absolute Gasteiger partial charge is 0.226 e. The first-order valence-electron chi connectivity index (χ1n) is 10.1. The Balaban J connectivity index is 1.28. The number of aromatic nitrogens is 2. The van der Waals surface area contributed by atoms with Gasteiger partial charge in [0.25, 0.3) is 0 Å². The van der Waals surface area contributed by atoms with Crippen molar-refractivity contribution < 1.29 is 9.53 Å². The second-order valence-electron chi connectivity index (χ2n) is 7.61. The zero-order chi connectivity index (χ0) is 19.3. The second-order valence-corrected chi connectivity index (χ2v) is 8.05. The topological polar surface area (TPSA) is 59.4 Å². The standard InChI is InChI=1S/C21H27ClN4O2/c22-17-7-5-16(6-8-17)19-15-25(13-14-28-19)12-10-21(27)24-20-9-11-23-26(20)18-3-1-2-4-18/h5-9,11,18-19H,1-4,10,12-15H2,(H,24,27)/t19-/m1/s1. The predicted molar refractivity (Wildman–Crippen MR) is 110 cm³/mol. The Morgan fingerprint density at radius 2 is 2.00 bits per heavy atom. The molecule has 28 heavy (non-hydrogen) atoms. The van der Waals surface area contributed by atoms with Crippen LogP contribution in [0.4, 0.5) is 5.82 Å². The molecule has 0 unspecified atom stereocenters. The highest BCUT2D eigenvalue weighted by atomic mass is 35.5. The Bertz CT molecular complexity index is 786. The highest BCUT2D eigenvalue weighted by molar-refractivity contribution is 6.30. The summed E-state index contributed by atoms with van der Waals surface area (Å²) in [4.78, 5) is 14.8. The van der Waals surface area contributed by atoms with Gasteiger partial charge in [0, 0.05) is 37.1 Å². The van der Waals surface area contributed by atoms with Crippen LogP contribution in [0.2, 0.25) is 5.02 Å². The first kappa shape index (κ1) is 19.4. The molecule has 2 heterocycles. The Morgan fingerprint density at radius 1 is 1.21 bits per heavy atom. The summed E-state index contributed by atoms with van der Waals surface area (Å²) in [5, 5.41) is 8.19. The highest BCUT2D eigenvalue weighted by Crippen LogP contribution is 2.31. The van der Waals surface area contributed by atoms with Gasteiger partial charge in [0.05, 0.1) is 24.9 Å². The first-order chi connectivity index (χ1) is 13.7. The molecule has 2 aromatic rings. The van der Waals surface area contributed by atoms with Gasteiger partial charge in [0.1, 0.15) is 5.82 Å². The molecule has 1 amide bonds. The van der Waals surface area contributed by atoms with Crippen LogP contribution in [0, 0.1) is 0 Å². The number of carbonyl (C=O) groups is 1. The number of amides is 1. The van der Waals surface area contributed by atoms with Crippen molar-refractivity contribution in [3.05, 3.63) is 47.1 Å². The molecule has 4 rings (SSSR count). The van der Waals surface area contributed by atoms with Crippen molar-refractivity contribution in [2.75, 3.05) is 31.6 Å². The number of morpholine rings is 1. The Labute approximate surface area is 170 Å². The summed E-state index contributed by atoms with van der Waals surface area (Å²) >= 11 is 5.97. The fraction of sp³-hybridized carbons (Fsp3) is 0.524.